The van der Waals surface area contributed by atoms with E-state index in [1.54, 1.807) is 7.11 Å². The van der Waals surface area contributed by atoms with Gasteiger partial charge in [0, 0.05) is 13.1 Å². The molecule has 0 bridgehead atoms. The molecular weight excluding hydrogens is 338 g/mol. The molecule has 2 aromatic rings. The molecule has 2 aromatic carbocycles. The van der Waals surface area contributed by atoms with Crippen molar-refractivity contribution in [2.24, 2.45) is 0 Å². The summed E-state index contributed by atoms with van der Waals surface area (Å²) in [6.07, 6.45) is 4.68. The minimum Gasteiger partial charge on any atom is -0.496 e. The zero-order valence-electron chi connectivity index (χ0n) is 16.4. The van der Waals surface area contributed by atoms with Gasteiger partial charge in [-0.25, -0.2) is 0 Å². The number of hydrogen-bond acceptors (Lipinski definition) is 4. The van der Waals surface area contributed by atoms with Gasteiger partial charge in [-0.1, -0.05) is 25.1 Å². The molecule has 0 saturated heterocycles. The smallest absolute Gasteiger partial charge is 0.231 e. The molecule has 144 valence electrons. The Labute approximate surface area is 162 Å². The molecule has 2 aliphatic rings. The molecule has 1 atom stereocenters. The zero-order valence-corrected chi connectivity index (χ0v) is 16.4. The summed E-state index contributed by atoms with van der Waals surface area (Å²) >= 11 is 0. The van der Waals surface area contributed by atoms with E-state index >= 15 is 0 Å². The minimum absolute atomic E-state index is 0.338. The topological polar surface area (TPSA) is 30.9 Å². The maximum Gasteiger partial charge on any atom is 0.231 e. The summed E-state index contributed by atoms with van der Waals surface area (Å²) in [6, 6.07) is 12.8. The van der Waals surface area contributed by atoms with E-state index in [1.807, 2.05) is 6.07 Å². The van der Waals surface area contributed by atoms with Crippen LogP contribution in [0.3, 0.4) is 0 Å². The second-order valence-corrected chi connectivity index (χ2v) is 7.45. The molecule has 0 amide bonds. The van der Waals surface area contributed by atoms with Crippen LogP contribution in [0.5, 0.6) is 17.2 Å². The van der Waals surface area contributed by atoms with Crippen LogP contribution in [0.15, 0.2) is 36.4 Å². The van der Waals surface area contributed by atoms with E-state index in [1.165, 1.54) is 29.5 Å². The van der Waals surface area contributed by atoms with Crippen LogP contribution < -0.4 is 14.2 Å². The molecule has 0 fully saturated rings. The first-order valence-electron chi connectivity index (χ1n) is 10.0. The third-order valence-corrected chi connectivity index (χ3v) is 5.89. The van der Waals surface area contributed by atoms with Gasteiger partial charge in [-0.05, 0) is 73.0 Å². The maximum atomic E-state index is 5.60. The number of rotatable bonds is 7. The predicted molar refractivity (Wildman–Crippen MR) is 107 cm³/mol. The molecule has 0 saturated carbocycles. The Morgan fingerprint density at radius 2 is 2.04 bits per heavy atom. The Kier molecular flexibility index (Phi) is 5.53. The van der Waals surface area contributed by atoms with Crippen LogP contribution in [0.4, 0.5) is 0 Å². The van der Waals surface area contributed by atoms with Gasteiger partial charge < -0.3 is 19.1 Å². The summed E-state index contributed by atoms with van der Waals surface area (Å²) in [5.74, 6) is 3.39. The molecule has 0 unspecified atom stereocenters. The van der Waals surface area contributed by atoms with Crippen LogP contribution in [0, 0.1) is 0 Å². The fourth-order valence-corrected chi connectivity index (χ4v) is 4.37. The van der Waals surface area contributed by atoms with Crippen LogP contribution in [0.1, 0.15) is 42.4 Å². The van der Waals surface area contributed by atoms with Gasteiger partial charge in [-0.15, -0.1) is 0 Å². The van der Waals surface area contributed by atoms with Crippen molar-refractivity contribution in [3.63, 3.8) is 0 Å². The first kappa shape index (κ1) is 18.2. The van der Waals surface area contributed by atoms with E-state index in [-0.39, 0.29) is 0 Å². The zero-order chi connectivity index (χ0) is 18.6. The first-order valence-corrected chi connectivity index (χ1v) is 10.0. The molecule has 4 heteroatoms. The maximum absolute atomic E-state index is 5.60. The van der Waals surface area contributed by atoms with Gasteiger partial charge in [0.05, 0.1) is 7.11 Å². The summed E-state index contributed by atoms with van der Waals surface area (Å²) in [4.78, 5) is 2.57. The number of methoxy groups -OCH3 is 1. The average Bonchev–Trinajstić information content (AvgIpc) is 3.18. The second-order valence-electron chi connectivity index (χ2n) is 7.45. The Balaban J connectivity index is 1.41. The van der Waals surface area contributed by atoms with Gasteiger partial charge in [0.2, 0.25) is 6.79 Å². The van der Waals surface area contributed by atoms with Crippen molar-refractivity contribution in [1.82, 2.24) is 4.90 Å². The SMILES string of the molecule is CCN(CCc1ccc2c(c1)OCO2)C[C@@H]1CCCc2c(OC)cccc21. The molecule has 1 aliphatic carbocycles. The fourth-order valence-electron chi connectivity index (χ4n) is 4.37. The van der Waals surface area contributed by atoms with Crippen molar-refractivity contribution in [3.8, 4) is 17.2 Å². The number of fused-ring (bicyclic) bond motifs is 2. The van der Waals surface area contributed by atoms with Crippen molar-refractivity contribution in [3.05, 3.63) is 53.1 Å². The third kappa shape index (κ3) is 3.91. The summed E-state index contributed by atoms with van der Waals surface area (Å²) in [7, 11) is 1.78. The minimum atomic E-state index is 0.338. The molecule has 27 heavy (non-hydrogen) atoms. The van der Waals surface area contributed by atoms with Gasteiger partial charge in [-0.2, -0.15) is 0 Å². The van der Waals surface area contributed by atoms with Crippen molar-refractivity contribution >= 4 is 0 Å². The van der Waals surface area contributed by atoms with E-state index in [4.69, 9.17) is 14.2 Å². The van der Waals surface area contributed by atoms with Crippen molar-refractivity contribution in [2.75, 3.05) is 33.5 Å². The first-order chi connectivity index (χ1) is 13.3. The Hall–Kier alpha value is -2.20. The summed E-state index contributed by atoms with van der Waals surface area (Å²) in [5, 5.41) is 0. The van der Waals surface area contributed by atoms with E-state index in [9.17, 15) is 0 Å². The van der Waals surface area contributed by atoms with Gasteiger partial charge in [-0.3, -0.25) is 0 Å². The van der Waals surface area contributed by atoms with Crippen LogP contribution in [0.2, 0.25) is 0 Å². The lowest BCUT2D eigenvalue weighted by atomic mass is 9.82. The standard InChI is InChI=1S/C23H29NO3/c1-3-24(13-12-17-10-11-22-23(14-17)27-16-26-22)15-18-6-4-8-20-19(18)7-5-9-21(20)25-2/h5,7,9-11,14,18H,3-4,6,8,12-13,15-16H2,1-2H3/t18-/m0/s1. The summed E-state index contributed by atoms with van der Waals surface area (Å²) < 4.78 is 16.5. The highest BCUT2D eigenvalue weighted by atomic mass is 16.7. The van der Waals surface area contributed by atoms with Gasteiger partial charge >= 0.3 is 0 Å². The number of ether oxygens (including phenoxy) is 3. The highest BCUT2D eigenvalue weighted by Gasteiger charge is 2.24. The van der Waals surface area contributed by atoms with Gasteiger partial charge in [0.1, 0.15) is 5.75 Å². The van der Waals surface area contributed by atoms with E-state index in [0.717, 1.165) is 49.7 Å². The quantitative estimate of drug-likeness (QED) is 0.725. The molecule has 1 aliphatic heterocycles. The summed E-state index contributed by atoms with van der Waals surface area (Å²) in [6.45, 7) is 5.84. The Morgan fingerprint density at radius 3 is 2.89 bits per heavy atom. The molecule has 1 heterocycles. The van der Waals surface area contributed by atoms with E-state index in [2.05, 4.69) is 42.2 Å². The van der Waals surface area contributed by atoms with Crippen molar-refractivity contribution in [1.29, 1.82) is 0 Å². The fraction of sp³-hybridized carbons (Fsp3) is 0.478. The molecule has 0 aromatic heterocycles. The molecule has 0 N–H and O–H groups in total. The molecule has 4 rings (SSSR count). The van der Waals surface area contributed by atoms with E-state index < -0.39 is 0 Å². The second kappa shape index (κ2) is 8.22. The third-order valence-electron chi connectivity index (χ3n) is 5.89. The number of hydrogen-bond donors (Lipinski definition) is 0. The number of likely N-dealkylation sites (N-methyl/N-ethyl adjacent to an activating group) is 1. The molecule has 0 radical (unpaired) electrons. The van der Waals surface area contributed by atoms with Crippen LogP contribution >= 0.6 is 0 Å². The van der Waals surface area contributed by atoms with Gasteiger partial charge in [0.25, 0.3) is 0 Å². The summed E-state index contributed by atoms with van der Waals surface area (Å²) in [5.41, 5.74) is 4.22. The average molecular weight is 367 g/mol. The molecule has 0 spiro atoms. The highest BCUT2D eigenvalue weighted by molar-refractivity contribution is 5.45. The Bertz CT molecular complexity index is 789. The van der Waals surface area contributed by atoms with Crippen molar-refractivity contribution < 1.29 is 14.2 Å². The largest absolute Gasteiger partial charge is 0.496 e. The lowest BCUT2D eigenvalue weighted by molar-refractivity contribution is 0.174. The van der Waals surface area contributed by atoms with E-state index in [0.29, 0.717) is 12.7 Å². The van der Waals surface area contributed by atoms with Crippen molar-refractivity contribution in [2.45, 2.75) is 38.5 Å². The Morgan fingerprint density at radius 1 is 1.15 bits per heavy atom. The van der Waals surface area contributed by atoms with Crippen LogP contribution in [0.25, 0.3) is 0 Å². The highest BCUT2D eigenvalue weighted by Crippen LogP contribution is 2.37. The lowest BCUT2D eigenvalue weighted by Gasteiger charge is -2.31. The van der Waals surface area contributed by atoms with Gasteiger partial charge in [0.15, 0.2) is 11.5 Å². The number of nitrogens with zero attached hydrogens (tertiary/aromatic N) is 1. The predicted octanol–water partition coefficient (Wildman–Crippen LogP) is 4.41. The van der Waals surface area contributed by atoms with Crippen LogP contribution in [-0.2, 0) is 12.8 Å². The molecular formula is C23H29NO3. The van der Waals surface area contributed by atoms with Crippen LogP contribution in [-0.4, -0.2) is 38.4 Å². The normalized spacial score (nSPS) is 17.8. The lowest BCUT2D eigenvalue weighted by Crippen LogP contribution is -2.32. The number of benzene rings is 2. The molecule has 4 nitrogen and oxygen atoms in total. The monoisotopic (exact) mass is 367 g/mol.